The second-order valence-corrected chi connectivity index (χ2v) is 7.70. The summed E-state index contributed by atoms with van der Waals surface area (Å²) < 4.78 is 22.9. The van der Waals surface area contributed by atoms with E-state index in [1.807, 2.05) is 26.0 Å². The Morgan fingerprint density at radius 3 is 1.83 bits per heavy atom. The van der Waals surface area contributed by atoms with E-state index in [-0.39, 0.29) is 23.0 Å². The van der Waals surface area contributed by atoms with Crippen molar-refractivity contribution in [3.8, 4) is 0 Å². The van der Waals surface area contributed by atoms with Gasteiger partial charge in [-0.05, 0) is 49.2 Å². The van der Waals surface area contributed by atoms with Crippen LogP contribution in [0.5, 0.6) is 0 Å². The minimum atomic E-state index is -3.22. The lowest BCUT2D eigenvalue weighted by Gasteiger charge is -2.19. The lowest BCUT2D eigenvalue weighted by molar-refractivity contribution is 0.235. The summed E-state index contributed by atoms with van der Waals surface area (Å²) in [5.41, 5.74) is 1.79. The summed E-state index contributed by atoms with van der Waals surface area (Å²) in [6, 6.07) is 9.49. The average Bonchev–Trinajstić information content (AvgIpc) is 2.54. The Hall–Kier alpha value is -2.41. The van der Waals surface area contributed by atoms with Crippen molar-refractivity contribution in [2.24, 2.45) is 0 Å². The Labute approximate surface area is 142 Å². The van der Waals surface area contributed by atoms with E-state index in [4.69, 9.17) is 0 Å². The molecule has 1 aromatic heterocycles. The predicted octanol–water partition coefficient (Wildman–Crippen LogP) is 2.61. The van der Waals surface area contributed by atoms with Crippen LogP contribution < -0.4 is 10.6 Å². The highest BCUT2D eigenvalue weighted by Crippen LogP contribution is 2.16. The van der Waals surface area contributed by atoms with Crippen molar-refractivity contribution in [1.29, 1.82) is 0 Å². The zero-order valence-corrected chi connectivity index (χ0v) is 14.7. The molecule has 1 heterocycles. The molecule has 2 atom stereocenters. The van der Waals surface area contributed by atoms with Gasteiger partial charge in [-0.2, -0.15) is 0 Å². The number of carbonyl (C=O) groups excluding carboxylic acids is 1. The quantitative estimate of drug-likeness (QED) is 0.870. The van der Waals surface area contributed by atoms with E-state index in [0.717, 1.165) is 17.4 Å². The summed E-state index contributed by atoms with van der Waals surface area (Å²) >= 11 is 0. The van der Waals surface area contributed by atoms with Crippen LogP contribution in [0.25, 0.3) is 0 Å². The Balaban J connectivity index is 1.96. The molecule has 0 saturated carbocycles. The summed E-state index contributed by atoms with van der Waals surface area (Å²) in [6.45, 7) is 3.73. The normalized spacial score (nSPS) is 13.8. The van der Waals surface area contributed by atoms with Crippen LogP contribution in [0.3, 0.4) is 0 Å². The monoisotopic (exact) mass is 347 g/mol. The van der Waals surface area contributed by atoms with E-state index in [2.05, 4.69) is 15.6 Å². The standard InChI is InChI=1S/C17H21N3O3S/c1-12(14-4-6-16(7-5-14)24(3,22)23)19-17(21)20-13(2)15-8-10-18-11-9-15/h4-13H,1-3H3,(H2,19,20,21). The molecule has 128 valence electrons. The molecule has 1 aromatic carbocycles. The molecular formula is C17H21N3O3S. The third-order valence-electron chi connectivity index (χ3n) is 3.71. The van der Waals surface area contributed by atoms with Crippen molar-refractivity contribution >= 4 is 15.9 Å². The number of hydrogen-bond acceptors (Lipinski definition) is 4. The number of hydrogen-bond donors (Lipinski definition) is 2. The predicted molar refractivity (Wildman–Crippen MR) is 92.3 cm³/mol. The lowest BCUT2D eigenvalue weighted by Crippen LogP contribution is -2.38. The second-order valence-electron chi connectivity index (χ2n) is 5.68. The molecule has 0 aliphatic rings. The Bertz CT molecular complexity index is 790. The van der Waals surface area contributed by atoms with E-state index >= 15 is 0 Å². The van der Waals surface area contributed by atoms with Crippen LogP contribution in [0.15, 0.2) is 53.7 Å². The number of carbonyl (C=O) groups is 1. The van der Waals surface area contributed by atoms with Gasteiger partial charge in [-0.1, -0.05) is 12.1 Å². The largest absolute Gasteiger partial charge is 0.332 e. The first-order valence-corrected chi connectivity index (χ1v) is 9.43. The van der Waals surface area contributed by atoms with E-state index < -0.39 is 9.84 Å². The van der Waals surface area contributed by atoms with Gasteiger partial charge in [0.25, 0.3) is 0 Å². The summed E-state index contributed by atoms with van der Waals surface area (Å²) in [5, 5.41) is 5.70. The maximum Gasteiger partial charge on any atom is 0.315 e. The van der Waals surface area contributed by atoms with Gasteiger partial charge in [0.05, 0.1) is 17.0 Å². The number of rotatable bonds is 5. The Morgan fingerprint density at radius 2 is 1.38 bits per heavy atom. The number of sulfone groups is 1. The zero-order valence-electron chi connectivity index (χ0n) is 13.9. The summed E-state index contributed by atoms with van der Waals surface area (Å²) in [4.78, 5) is 16.3. The van der Waals surface area contributed by atoms with Gasteiger partial charge in [0.1, 0.15) is 0 Å². The first-order valence-electron chi connectivity index (χ1n) is 7.54. The number of urea groups is 1. The summed E-state index contributed by atoms with van der Waals surface area (Å²) in [5.74, 6) is 0. The van der Waals surface area contributed by atoms with Gasteiger partial charge in [-0.25, -0.2) is 13.2 Å². The molecule has 2 amide bonds. The van der Waals surface area contributed by atoms with Crippen LogP contribution >= 0.6 is 0 Å². The van der Waals surface area contributed by atoms with Crippen LogP contribution in [-0.2, 0) is 9.84 Å². The molecule has 0 aliphatic carbocycles. The molecule has 0 radical (unpaired) electrons. The minimum absolute atomic E-state index is 0.146. The van der Waals surface area contributed by atoms with Crippen molar-refractivity contribution < 1.29 is 13.2 Å². The minimum Gasteiger partial charge on any atom is -0.332 e. The molecule has 0 bridgehead atoms. The molecule has 2 rings (SSSR count). The van der Waals surface area contributed by atoms with E-state index in [1.54, 1.807) is 36.7 Å². The first-order chi connectivity index (χ1) is 11.3. The Morgan fingerprint density at radius 1 is 0.917 bits per heavy atom. The van der Waals surface area contributed by atoms with E-state index in [9.17, 15) is 13.2 Å². The highest BCUT2D eigenvalue weighted by Gasteiger charge is 2.14. The first kappa shape index (κ1) is 17.9. The van der Waals surface area contributed by atoms with Gasteiger partial charge in [-0.3, -0.25) is 4.98 Å². The van der Waals surface area contributed by atoms with Crippen molar-refractivity contribution in [2.45, 2.75) is 30.8 Å². The summed E-state index contributed by atoms with van der Waals surface area (Å²) in [7, 11) is -3.22. The van der Waals surface area contributed by atoms with Crippen LogP contribution in [0.2, 0.25) is 0 Å². The van der Waals surface area contributed by atoms with Crippen LogP contribution in [-0.4, -0.2) is 25.7 Å². The highest BCUT2D eigenvalue weighted by molar-refractivity contribution is 7.90. The van der Waals surface area contributed by atoms with Crippen molar-refractivity contribution in [3.63, 3.8) is 0 Å². The fourth-order valence-corrected chi connectivity index (χ4v) is 2.89. The molecule has 0 spiro atoms. The highest BCUT2D eigenvalue weighted by atomic mass is 32.2. The van der Waals surface area contributed by atoms with Gasteiger partial charge in [-0.15, -0.1) is 0 Å². The molecule has 0 saturated heterocycles. The Kier molecular flexibility index (Phi) is 5.56. The molecule has 0 fully saturated rings. The van der Waals surface area contributed by atoms with Crippen LogP contribution in [0.1, 0.15) is 37.1 Å². The maximum absolute atomic E-state index is 12.1. The fourth-order valence-electron chi connectivity index (χ4n) is 2.26. The van der Waals surface area contributed by atoms with Gasteiger partial charge < -0.3 is 10.6 Å². The van der Waals surface area contributed by atoms with Crippen LogP contribution in [0, 0.1) is 0 Å². The maximum atomic E-state index is 12.1. The average molecular weight is 347 g/mol. The van der Waals surface area contributed by atoms with Crippen molar-refractivity contribution in [2.75, 3.05) is 6.26 Å². The third kappa shape index (κ3) is 4.79. The number of nitrogens with zero attached hydrogens (tertiary/aromatic N) is 1. The molecule has 24 heavy (non-hydrogen) atoms. The molecule has 2 N–H and O–H groups in total. The van der Waals surface area contributed by atoms with E-state index in [0.29, 0.717) is 0 Å². The number of pyridine rings is 1. The molecule has 2 aromatic rings. The van der Waals surface area contributed by atoms with Crippen molar-refractivity contribution in [3.05, 3.63) is 59.9 Å². The number of nitrogens with one attached hydrogen (secondary N) is 2. The fraction of sp³-hybridized carbons (Fsp3) is 0.294. The third-order valence-corrected chi connectivity index (χ3v) is 4.84. The second kappa shape index (κ2) is 7.44. The topological polar surface area (TPSA) is 88.2 Å². The van der Waals surface area contributed by atoms with Gasteiger partial charge in [0.15, 0.2) is 9.84 Å². The zero-order chi connectivity index (χ0) is 17.7. The smallest absolute Gasteiger partial charge is 0.315 e. The van der Waals surface area contributed by atoms with E-state index in [1.165, 1.54) is 0 Å². The SMILES string of the molecule is CC(NC(=O)NC(C)c1ccc(S(C)(=O)=O)cc1)c1ccncc1. The summed E-state index contributed by atoms with van der Waals surface area (Å²) in [6.07, 6.45) is 4.52. The van der Waals surface area contributed by atoms with Gasteiger partial charge >= 0.3 is 6.03 Å². The van der Waals surface area contributed by atoms with Gasteiger partial charge in [0.2, 0.25) is 0 Å². The molecule has 6 nitrogen and oxygen atoms in total. The number of aromatic nitrogens is 1. The lowest BCUT2D eigenvalue weighted by atomic mass is 10.1. The number of benzene rings is 1. The van der Waals surface area contributed by atoms with Gasteiger partial charge in [0, 0.05) is 18.6 Å². The molecule has 0 aliphatic heterocycles. The molecule has 2 unspecified atom stereocenters. The van der Waals surface area contributed by atoms with Crippen molar-refractivity contribution in [1.82, 2.24) is 15.6 Å². The number of amides is 2. The molecular weight excluding hydrogens is 326 g/mol. The molecule has 7 heteroatoms. The van der Waals surface area contributed by atoms with Crippen LogP contribution in [0.4, 0.5) is 4.79 Å².